The number of carbonyl (C=O) groups excluding carboxylic acids is 1. The summed E-state index contributed by atoms with van der Waals surface area (Å²) in [5, 5.41) is 0. The van der Waals surface area contributed by atoms with Crippen molar-refractivity contribution < 1.29 is 37.5 Å². The highest BCUT2D eigenvalue weighted by molar-refractivity contribution is 7.47. The predicted molar refractivity (Wildman–Crippen MR) is 209 cm³/mol. The number of phosphoric ester groups is 1. The third kappa shape index (κ3) is 31.3. The van der Waals surface area contributed by atoms with Crippen molar-refractivity contribution in [2.24, 2.45) is 5.73 Å². The van der Waals surface area contributed by atoms with Crippen LogP contribution >= 0.6 is 7.82 Å². The second kappa shape index (κ2) is 33.8. The lowest BCUT2D eigenvalue weighted by Gasteiger charge is -2.19. The summed E-state index contributed by atoms with van der Waals surface area (Å²) in [5.74, 6) is -0.413. The second-order valence-electron chi connectivity index (χ2n) is 13.2. The van der Waals surface area contributed by atoms with Crippen LogP contribution in [-0.4, -0.2) is 55.5 Å². The van der Waals surface area contributed by atoms with Gasteiger partial charge in [0, 0.05) is 13.0 Å². The van der Waals surface area contributed by atoms with Gasteiger partial charge in [-0.05, 0) is 63.9 Å². The van der Waals surface area contributed by atoms with Crippen LogP contribution in [0.15, 0.2) is 60.9 Å². The van der Waals surface area contributed by atoms with Crippen molar-refractivity contribution in [3.05, 3.63) is 60.9 Å². The van der Waals surface area contributed by atoms with E-state index in [4.69, 9.17) is 29.0 Å². The van der Waals surface area contributed by atoms with Crippen LogP contribution in [0.4, 0.5) is 0 Å². The van der Waals surface area contributed by atoms with Gasteiger partial charge in [0.05, 0.1) is 31.7 Å². The molecular formula is C41H72NO8P. The van der Waals surface area contributed by atoms with E-state index >= 15 is 0 Å². The highest BCUT2D eigenvalue weighted by atomic mass is 31.2. The number of epoxide rings is 1. The van der Waals surface area contributed by atoms with Gasteiger partial charge in [0.1, 0.15) is 6.61 Å². The van der Waals surface area contributed by atoms with Crippen LogP contribution < -0.4 is 5.73 Å². The Labute approximate surface area is 310 Å². The van der Waals surface area contributed by atoms with E-state index in [2.05, 4.69) is 62.5 Å². The molecule has 0 amide bonds. The van der Waals surface area contributed by atoms with Gasteiger partial charge in [-0.3, -0.25) is 13.8 Å². The molecule has 4 unspecified atom stereocenters. The van der Waals surface area contributed by atoms with Gasteiger partial charge in [-0.25, -0.2) is 4.57 Å². The number of allylic oxidation sites excluding steroid dienone is 8. The topological polar surface area (TPSA) is 130 Å². The number of ether oxygens (including phenoxy) is 3. The molecule has 51 heavy (non-hydrogen) atoms. The first kappa shape index (κ1) is 47.0. The van der Waals surface area contributed by atoms with E-state index in [1.807, 2.05) is 6.08 Å². The minimum Gasteiger partial charge on any atom is -0.498 e. The molecule has 1 aliphatic rings. The van der Waals surface area contributed by atoms with Crippen LogP contribution in [0.3, 0.4) is 0 Å². The van der Waals surface area contributed by atoms with Gasteiger partial charge >= 0.3 is 13.8 Å². The molecule has 0 bridgehead atoms. The van der Waals surface area contributed by atoms with Crippen molar-refractivity contribution in [1.82, 2.24) is 0 Å². The molecule has 4 atom stereocenters. The van der Waals surface area contributed by atoms with E-state index in [1.165, 1.54) is 70.6 Å². The van der Waals surface area contributed by atoms with E-state index in [0.29, 0.717) is 18.6 Å². The highest BCUT2D eigenvalue weighted by Gasteiger charge is 2.35. The molecule has 0 saturated carbocycles. The summed E-state index contributed by atoms with van der Waals surface area (Å²) < 4.78 is 38.6. The van der Waals surface area contributed by atoms with Gasteiger partial charge in [0.25, 0.3) is 0 Å². The molecule has 294 valence electrons. The number of rotatable bonds is 36. The molecule has 3 N–H and O–H groups in total. The maximum atomic E-state index is 12.5. The van der Waals surface area contributed by atoms with E-state index in [9.17, 15) is 14.3 Å². The van der Waals surface area contributed by atoms with Crippen LogP contribution in [0, 0.1) is 0 Å². The van der Waals surface area contributed by atoms with Crippen molar-refractivity contribution in [2.45, 2.75) is 167 Å². The average molecular weight is 738 g/mol. The molecule has 9 nitrogen and oxygen atoms in total. The van der Waals surface area contributed by atoms with Gasteiger partial charge in [-0.1, -0.05) is 133 Å². The van der Waals surface area contributed by atoms with Crippen LogP contribution in [0.2, 0.25) is 0 Å². The Hall–Kier alpha value is -2.00. The van der Waals surface area contributed by atoms with Crippen LogP contribution in [0.5, 0.6) is 0 Å². The van der Waals surface area contributed by atoms with Gasteiger partial charge in [0.15, 0.2) is 6.10 Å². The van der Waals surface area contributed by atoms with Crippen molar-refractivity contribution in [3.63, 3.8) is 0 Å². The Morgan fingerprint density at radius 2 is 1.29 bits per heavy atom. The number of carbonyl (C=O) groups is 1. The van der Waals surface area contributed by atoms with Gasteiger partial charge in [-0.2, -0.15) is 0 Å². The molecule has 10 heteroatoms. The highest BCUT2D eigenvalue weighted by Crippen LogP contribution is 2.43. The summed E-state index contributed by atoms with van der Waals surface area (Å²) in [4.78, 5) is 22.4. The minimum absolute atomic E-state index is 0.00494. The van der Waals surface area contributed by atoms with Crippen LogP contribution in [0.1, 0.15) is 149 Å². The normalized spacial score (nSPS) is 18.1. The molecule has 1 saturated heterocycles. The quantitative estimate of drug-likeness (QED) is 0.0161. The van der Waals surface area contributed by atoms with Gasteiger partial charge in [0.2, 0.25) is 0 Å². The summed E-state index contributed by atoms with van der Waals surface area (Å²) in [6.45, 7) is 4.05. The van der Waals surface area contributed by atoms with E-state index in [0.717, 1.165) is 51.4 Å². The van der Waals surface area contributed by atoms with Gasteiger partial charge in [-0.15, -0.1) is 0 Å². The summed E-state index contributed by atoms with van der Waals surface area (Å²) in [6.07, 6.45) is 43.9. The second-order valence-corrected chi connectivity index (χ2v) is 14.7. The lowest BCUT2D eigenvalue weighted by Crippen LogP contribution is -2.27. The zero-order chi connectivity index (χ0) is 37.1. The maximum absolute atomic E-state index is 12.5. The monoisotopic (exact) mass is 737 g/mol. The molecule has 1 rings (SSSR count). The Bertz CT molecular complexity index is 1030. The number of phosphoric acid groups is 1. The lowest BCUT2D eigenvalue weighted by atomic mass is 10.0. The van der Waals surface area contributed by atoms with Crippen molar-refractivity contribution >= 4 is 13.8 Å². The molecule has 0 aromatic heterocycles. The van der Waals surface area contributed by atoms with Crippen LogP contribution in [0.25, 0.3) is 0 Å². The number of nitrogens with two attached hydrogens (primary N) is 1. The fourth-order valence-electron chi connectivity index (χ4n) is 5.42. The molecule has 0 spiro atoms. The third-order valence-corrected chi connectivity index (χ3v) is 9.47. The fourth-order valence-corrected chi connectivity index (χ4v) is 6.18. The SMILES string of the molecule is CCCCCCCCCCCCCCC=COCC(COP(=O)(O)OCCN)OC(=O)CCCC=CCC=CCC=CCC=CCC1OC1CC. The molecule has 0 aliphatic carbocycles. The van der Waals surface area contributed by atoms with E-state index in [-0.39, 0.29) is 32.8 Å². The molecule has 0 aromatic carbocycles. The molecular weight excluding hydrogens is 665 g/mol. The maximum Gasteiger partial charge on any atom is 0.472 e. The van der Waals surface area contributed by atoms with Crippen molar-refractivity contribution in [2.75, 3.05) is 26.4 Å². The zero-order valence-corrected chi connectivity index (χ0v) is 32.9. The Balaban J connectivity index is 2.21. The summed E-state index contributed by atoms with van der Waals surface area (Å²) >= 11 is 0. The number of hydrogen-bond acceptors (Lipinski definition) is 8. The molecule has 1 fully saturated rings. The summed E-state index contributed by atoms with van der Waals surface area (Å²) in [6, 6.07) is 0. The Morgan fingerprint density at radius 1 is 0.725 bits per heavy atom. The Kier molecular flexibility index (Phi) is 31.2. The van der Waals surface area contributed by atoms with Crippen LogP contribution in [-0.2, 0) is 32.6 Å². The fraction of sp³-hybridized carbons (Fsp3) is 0.732. The molecule has 0 radical (unpaired) electrons. The lowest BCUT2D eigenvalue weighted by molar-refractivity contribution is -0.153. The first-order valence-electron chi connectivity index (χ1n) is 19.9. The third-order valence-electron chi connectivity index (χ3n) is 8.49. The van der Waals surface area contributed by atoms with Crippen molar-refractivity contribution in [3.8, 4) is 0 Å². The predicted octanol–water partition coefficient (Wildman–Crippen LogP) is 10.7. The Morgan fingerprint density at radius 3 is 1.88 bits per heavy atom. The largest absolute Gasteiger partial charge is 0.498 e. The van der Waals surface area contributed by atoms with E-state index < -0.39 is 19.9 Å². The van der Waals surface area contributed by atoms with Gasteiger partial charge < -0.3 is 24.8 Å². The van der Waals surface area contributed by atoms with Crippen molar-refractivity contribution in [1.29, 1.82) is 0 Å². The number of hydrogen-bond donors (Lipinski definition) is 2. The summed E-state index contributed by atoms with van der Waals surface area (Å²) in [5.41, 5.74) is 5.35. The summed E-state index contributed by atoms with van der Waals surface area (Å²) in [7, 11) is -4.31. The minimum atomic E-state index is -4.31. The number of unbranched alkanes of at least 4 members (excludes halogenated alkanes) is 13. The molecule has 1 heterocycles. The smallest absolute Gasteiger partial charge is 0.472 e. The molecule has 0 aromatic rings. The first-order chi connectivity index (χ1) is 24.9. The first-order valence-corrected chi connectivity index (χ1v) is 21.4. The number of esters is 1. The average Bonchev–Trinajstić information content (AvgIpc) is 3.89. The molecule has 1 aliphatic heterocycles. The van der Waals surface area contributed by atoms with E-state index in [1.54, 1.807) is 6.26 Å². The standard InChI is InChI=1S/C41H72NO8P/c1-3-5-6-7-8-9-10-11-15-18-21-24-27-30-34-46-36-38(37-48-51(44,45)47-35-33-42)49-41(43)32-29-26-23-20-17-14-12-13-16-19-22-25-28-31-40-39(4-2)50-40/h12,14,16,19-20,23,25,28,30,34,38-40H,3-11,13,15,17-18,21-22,24,26-27,29,31-33,35-37,42H2,1-2H3,(H,44,45). The zero-order valence-electron chi connectivity index (χ0n) is 32.0.